The van der Waals surface area contributed by atoms with Crippen LogP contribution in [0, 0.1) is 0 Å². The van der Waals surface area contributed by atoms with Gasteiger partial charge in [-0.15, -0.1) is 0 Å². The minimum atomic E-state index is -0.184. The maximum absolute atomic E-state index is 12.8. The number of hydrogen-bond acceptors (Lipinski definition) is 4. The van der Waals surface area contributed by atoms with Crippen molar-refractivity contribution >= 4 is 17.2 Å². The van der Waals surface area contributed by atoms with Crippen molar-refractivity contribution in [2.45, 2.75) is 38.8 Å². The molecule has 1 saturated heterocycles. The molecule has 0 spiro atoms. The molecule has 0 radical (unpaired) electrons. The van der Waals surface area contributed by atoms with E-state index in [1.807, 2.05) is 19.1 Å². The van der Waals surface area contributed by atoms with Crippen molar-refractivity contribution in [3.63, 3.8) is 0 Å². The summed E-state index contributed by atoms with van der Waals surface area (Å²) >= 11 is 0. The molecule has 7 heteroatoms. The molecule has 29 heavy (non-hydrogen) atoms. The first-order valence-electron chi connectivity index (χ1n) is 10.1. The van der Waals surface area contributed by atoms with E-state index >= 15 is 0 Å². The molecule has 7 nitrogen and oxygen atoms in total. The minimum Gasteiger partial charge on any atom is -0.393 e. The molecule has 0 aliphatic carbocycles. The Bertz CT molecular complexity index is 1060. The number of anilines is 1. The highest BCUT2D eigenvalue weighted by Gasteiger charge is 2.18. The third-order valence-corrected chi connectivity index (χ3v) is 5.52. The summed E-state index contributed by atoms with van der Waals surface area (Å²) < 4.78 is 1.73. The average molecular weight is 394 g/mol. The highest BCUT2D eigenvalue weighted by Crippen LogP contribution is 2.20. The summed E-state index contributed by atoms with van der Waals surface area (Å²) in [6.45, 7) is 4.12. The molecule has 0 saturated carbocycles. The summed E-state index contributed by atoms with van der Waals surface area (Å²) in [7, 11) is 0. The number of aryl methyl sites for hydroxylation is 1. The van der Waals surface area contributed by atoms with Gasteiger partial charge in [0.1, 0.15) is 11.3 Å². The number of amides is 1. The summed E-state index contributed by atoms with van der Waals surface area (Å²) in [6, 6.07) is 11.1. The van der Waals surface area contributed by atoms with Crippen molar-refractivity contribution in [1.82, 2.24) is 14.7 Å². The van der Waals surface area contributed by atoms with Gasteiger partial charge in [-0.25, -0.2) is 0 Å². The number of hydrogen-bond donors (Lipinski definition) is 3. The van der Waals surface area contributed by atoms with Gasteiger partial charge in [0.05, 0.1) is 6.10 Å². The van der Waals surface area contributed by atoms with Crippen molar-refractivity contribution < 1.29 is 9.90 Å². The topological polar surface area (TPSA) is 89.8 Å². The second-order valence-electron chi connectivity index (χ2n) is 7.49. The number of aromatic nitrogens is 2. The van der Waals surface area contributed by atoms with Crippen LogP contribution in [0.4, 0.5) is 5.69 Å². The van der Waals surface area contributed by atoms with E-state index in [0.29, 0.717) is 24.3 Å². The van der Waals surface area contributed by atoms with Crippen LogP contribution in [0.3, 0.4) is 0 Å². The van der Waals surface area contributed by atoms with Crippen molar-refractivity contribution in [2.24, 2.45) is 0 Å². The third kappa shape index (κ3) is 4.05. The Morgan fingerprint density at radius 2 is 1.93 bits per heavy atom. The van der Waals surface area contributed by atoms with E-state index in [2.05, 4.69) is 27.3 Å². The molecule has 1 aromatic carbocycles. The van der Waals surface area contributed by atoms with Gasteiger partial charge in [0.2, 0.25) is 0 Å². The number of aromatic amines is 1. The zero-order valence-corrected chi connectivity index (χ0v) is 16.5. The van der Waals surface area contributed by atoms with Crippen LogP contribution in [0.2, 0.25) is 0 Å². The number of rotatable bonds is 5. The van der Waals surface area contributed by atoms with Gasteiger partial charge in [-0.3, -0.25) is 14.0 Å². The molecule has 3 aromatic rings. The number of pyridine rings is 1. The Hall–Kier alpha value is -3.06. The number of nitrogens with one attached hydrogen (secondary N) is 2. The highest BCUT2D eigenvalue weighted by molar-refractivity contribution is 5.94. The lowest BCUT2D eigenvalue weighted by molar-refractivity contribution is 0.0944. The normalized spacial score (nSPS) is 15.0. The molecular formula is C22H26N4O3. The number of H-pyrrole nitrogens is 1. The number of carbonyl (C=O) groups excluding carboxylic acids is 1. The lowest BCUT2D eigenvalue weighted by Crippen LogP contribution is -2.35. The molecule has 3 heterocycles. The first-order chi connectivity index (χ1) is 14.0. The Balaban J connectivity index is 1.45. The van der Waals surface area contributed by atoms with Gasteiger partial charge < -0.3 is 20.3 Å². The Labute approximate surface area is 169 Å². The molecule has 4 rings (SSSR count). The number of carbonyl (C=O) groups is 1. The Kier molecular flexibility index (Phi) is 5.40. The fourth-order valence-electron chi connectivity index (χ4n) is 3.85. The second kappa shape index (κ2) is 8.13. The first kappa shape index (κ1) is 19.3. The zero-order valence-electron chi connectivity index (χ0n) is 16.5. The quantitative estimate of drug-likeness (QED) is 0.618. The SMILES string of the molecule is CCc1[nH]c2cc(=O)ccn2c1C(=O)NCc1ccc(N2CCC(O)CC2)cc1. The fourth-order valence-corrected chi connectivity index (χ4v) is 3.85. The summed E-state index contributed by atoms with van der Waals surface area (Å²) in [5, 5.41) is 12.6. The molecule has 0 unspecified atom stereocenters. The van der Waals surface area contributed by atoms with E-state index in [0.717, 1.165) is 42.9 Å². The Morgan fingerprint density at radius 1 is 1.21 bits per heavy atom. The zero-order chi connectivity index (χ0) is 20.4. The molecule has 1 fully saturated rings. The van der Waals surface area contributed by atoms with Crippen molar-refractivity contribution in [3.05, 3.63) is 69.8 Å². The number of aliphatic hydroxyl groups is 1. The maximum atomic E-state index is 12.8. The van der Waals surface area contributed by atoms with Crippen molar-refractivity contribution in [2.75, 3.05) is 18.0 Å². The van der Waals surface area contributed by atoms with Gasteiger partial charge in [0.15, 0.2) is 5.43 Å². The second-order valence-corrected chi connectivity index (χ2v) is 7.49. The summed E-state index contributed by atoms with van der Waals surface area (Å²) in [5.74, 6) is -0.175. The predicted molar refractivity (Wildman–Crippen MR) is 112 cm³/mol. The largest absolute Gasteiger partial charge is 0.393 e. The molecule has 152 valence electrons. The molecule has 1 aliphatic rings. The molecule has 0 atom stereocenters. The lowest BCUT2D eigenvalue weighted by Gasteiger charge is -2.31. The van der Waals surface area contributed by atoms with Crippen molar-refractivity contribution in [1.29, 1.82) is 0 Å². The fraction of sp³-hybridized carbons (Fsp3) is 0.364. The van der Waals surface area contributed by atoms with Crippen LogP contribution in [-0.2, 0) is 13.0 Å². The number of piperidine rings is 1. The number of imidazole rings is 1. The van der Waals surface area contributed by atoms with Crippen LogP contribution in [-0.4, -0.2) is 39.6 Å². The van der Waals surface area contributed by atoms with E-state index in [4.69, 9.17) is 0 Å². The third-order valence-electron chi connectivity index (χ3n) is 5.52. The van der Waals surface area contributed by atoms with Crippen LogP contribution in [0.25, 0.3) is 5.65 Å². The number of aliphatic hydroxyl groups excluding tert-OH is 1. The smallest absolute Gasteiger partial charge is 0.270 e. The first-order valence-corrected chi connectivity index (χ1v) is 10.1. The van der Waals surface area contributed by atoms with Crippen LogP contribution >= 0.6 is 0 Å². The van der Waals surface area contributed by atoms with Crippen LogP contribution in [0.5, 0.6) is 0 Å². The average Bonchev–Trinajstić information content (AvgIpc) is 3.10. The summed E-state index contributed by atoms with van der Waals surface area (Å²) in [5.41, 5.74) is 4.02. The molecule has 3 N–H and O–H groups in total. The maximum Gasteiger partial charge on any atom is 0.270 e. The molecule has 1 amide bonds. The molecule has 2 aromatic heterocycles. The van der Waals surface area contributed by atoms with Crippen LogP contribution < -0.4 is 15.6 Å². The monoisotopic (exact) mass is 394 g/mol. The van der Waals surface area contributed by atoms with Crippen LogP contribution in [0.15, 0.2) is 47.4 Å². The van der Waals surface area contributed by atoms with Gasteiger partial charge in [-0.05, 0) is 37.0 Å². The molecular weight excluding hydrogens is 368 g/mol. The molecule has 0 bridgehead atoms. The van der Waals surface area contributed by atoms with Gasteiger partial charge in [0.25, 0.3) is 5.91 Å². The number of benzene rings is 1. The van der Waals surface area contributed by atoms with Gasteiger partial charge in [0, 0.05) is 49.3 Å². The summed E-state index contributed by atoms with van der Waals surface area (Å²) in [4.78, 5) is 29.9. The van der Waals surface area contributed by atoms with E-state index < -0.39 is 0 Å². The van der Waals surface area contributed by atoms with Gasteiger partial charge in [-0.1, -0.05) is 19.1 Å². The Morgan fingerprint density at radius 3 is 2.62 bits per heavy atom. The highest BCUT2D eigenvalue weighted by atomic mass is 16.3. The van der Waals surface area contributed by atoms with E-state index in [1.54, 1.807) is 10.6 Å². The number of nitrogens with zero attached hydrogens (tertiary/aromatic N) is 2. The lowest BCUT2D eigenvalue weighted by atomic mass is 10.1. The van der Waals surface area contributed by atoms with Crippen LogP contribution in [0.1, 0.15) is 41.5 Å². The number of fused-ring (bicyclic) bond motifs is 1. The van der Waals surface area contributed by atoms with E-state index in [-0.39, 0.29) is 17.4 Å². The standard InChI is InChI=1S/C22H26N4O3/c1-2-19-21(26-12-9-18(28)13-20(26)24-19)22(29)23-14-15-3-5-16(6-4-15)25-10-7-17(27)8-11-25/h3-6,9,12-13,17,24,27H,2,7-8,10-11,14H2,1H3,(H,23,29). The van der Waals surface area contributed by atoms with Crippen molar-refractivity contribution in [3.8, 4) is 0 Å². The van der Waals surface area contributed by atoms with E-state index in [1.165, 1.54) is 12.1 Å². The minimum absolute atomic E-state index is 0.0934. The summed E-state index contributed by atoms with van der Waals surface area (Å²) in [6.07, 6.45) is 3.71. The van der Waals surface area contributed by atoms with Gasteiger partial charge >= 0.3 is 0 Å². The van der Waals surface area contributed by atoms with Gasteiger partial charge in [-0.2, -0.15) is 0 Å². The van der Waals surface area contributed by atoms with E-state index in [9.17, 15) is 14.7 Å². The molecule has 1 aliphatic heterocycles. The predicted octanol–water partition coefficient (Wildman–Crippen LogP) is 2.08.